The average molecular weight is 296 g/mol. The summed E-state index contributed by atoms with van der Waals surface area (Å²) in [6.45, 7) is 3.87. The molecule has 17 heavy (non-hydrogen) atoms. The highest BCUT2D eigenvalue weighted by Crippen LogP contribution is 2.29. The van der Waals surface area contributed by atoms with E-state index in [1.807, 2.05) is 26.0 Å². The van der Waals surface area contributed by atoms with E-state index in [9.17, 15) is 0 Å². The summed E-state index contributed by atoms with van der Waals surface area (Å²) in [5.74, 6) is 2.42. The fourth-order valence-electron chi connectivity index (χ4n) is 1.81. The summed E-state index contributed by atoms with van der Waals surface area (Å²) in [4.78, 5) is 4.41. The molecule has 0 N–H and O–H groups in total. The quantitative estimate of drug-likeness (QED) is 0.807. The monoisotopic (exact) mass is 295 g/mol. The first-order chi connectivity index (χ1) is 8.15. The summed E-state index contributed by atoms with van der Waals surface area (Å²) in [5.41, 5.74) is 3.03. The maximum Gasteiger partial charge on any atom is 0.191 e. The van der Waals surface area contributed by atoms with Gasteiger partial charge in [0.25, 0.3) is 0 Å². The van der Waals surface area contributed by atoms with Crippen molar-refractivity contribution >= 4 is 15.9 Å². The molecule has 0 spiro atoms. The van der Waals surface area contributed by atoms with Crippen LogP contribution in [0.5, 0.6) is 5.75 Å². The number of hydrogen-bond acceptors (Lipinski definition) is 3. The summed E-state index contributed by atoms with van der Waals surface area (Å²) >= 11 is 3.41. The van der Waals surface area contributed by atoms with Gasteiger partial charge < -0.3 is 9.15 Å². The molecule has 1 aromatic carbocycles. The van der Waals surface area contributed by atoms with Crippen molar-refractivity contribution in [3.05, 3.63) is 35.4 Å². The fourth-order valence-corrected chi connectivity index (χ4v) is 2.19. The Kier molecular flexibility index (Phi) is 3.52. The van der Waals surface area contributed by atoms with E-state index in [0.29, 0.717) is 11.2 Å². The van der Waals surface area contributed by atoms with Crippen LogP contribution in [0.15, 0.2) is 22.6 Å². The van der Waals surface area contributed by atoms with Crippen molar-refractivity contribution in [1.29, 1.82) is 0 Å². The third-order valence-electron chi connectivity index (χ3n) is 2.59. The van der Waals surface area contributed by atoms with Crippen molar-refractivity contribution in [3.63, 3.8) is 0 Å². The lowest BCUT2D eigenvalue weighted by Gasteiger charge is -2.06. The molecule has 0 unspecified atom stereocenters. The van der Waals surface area contributed by atoms with Crippen molar-refractivity contribution < 1.29 is 9.15 Å². The fraction of sp³-hybridized carbons (Fsp3) is 0.308. The molecular formula is C13H14BrNO2. The van der Waals surface area contributed by atoms with Gasteiger partial charge in [-0.1, -0.05) is 15.9 Å². The smallest absolute Gasteiger partial charge is 0.191 e. The van der Waals surface area contributed by atoms with Gasteiger partial charge in [0.15, 0.2) is 5.89 Å². The number of alkyl halides is 1. The zero-order valence-corrected chi connectivity index (χ0v) is 11.7. The van der Waals surface area contributed by atoms with E-state index in [-0.39, 0.29) is 0 Å². The molecule has 0 atom stereocenters. The van der Waals surface area contributed by atoms with Gasteiger partial charge >= 0.3 is 0 Å². The second kappa shape index (κ2) is 4.92. The van der Waals surface area contributed by atoms with Gasteiger partial charge in [-0.25, -0.2) is 4.98 Å². The molecule has 1 heterocycles. The van der Waals surface area contributed by atoms with Crippen LogP contribution in [0.1, 0.15) is 17.2 Å². The lowest BCUT2D eigenvalue weighted by molar-refractivity contribution is 0.412. The Morgan fingerprint density at radius 3 is 2.71 bits per heavy atom. The van der Waals surface area contributed by atoms with Crippen molar-refractivity contribution in [3.8, 4) is 17.0 Å². The molecule has 0 aliphatic rings. The van der Waals surface area contributed by atoms with Crippen LogP contribution in [0.3, 0.4) is 0 Å². The number of benzene rings is 1. The van der Waals surface area contributed by atoms with E-state index >= 15 is 0 Å². The minimum atomic E-state index is 0.661. The molecule has 3 nitrogen and oxygen atoms in total. The molecular weight excluding hydrogens is 282 g/mol. The molecule has 0 aliphatic heterocycles. The van der Waals surface area contributed by atoms with Gasteiger partial charge in [-0.05, 0) is 30.7 Å². The van der Waals surface area contributed by atoms with Crippen LogP contribution in [-0.4, -0.2) is 12.1 Å². The predicted molar refractivity (Wildman–Crippen MR) is 70.6 cm³/mol. The van der Waals surface area contributed by atoms with E-state index in [4.69, 9.17) is 9.15 Å². The molecule has 0 amide bonds. The molecule has 2 aromatic rings. The van der Waals surface area contributed by atoms with Gasteiger partial charge in [-0.15, -0.1) is 0 Å². The Hall–Kier alpha value is -1.29. The summed E-state index contributed by atoms with van der Waals surface area (Å²) in [7, 11) is 1.67. The third kappa shape index (κ3) is 2.36. The van der Waals surface area contributed by atoms with Crippen LogP contribution < -0.4 is 4.74 Å². The second-order valence-electron chi connectivity index (χ2n) is 3.82. The number of hydrogen-bond donors (Lipinski definition) is 0. The van der Waals surface area contributed by atoms with Gasteiger partial charge in [0.05, 0.1) is 12.4 Å². The number of ether oxygens (including phenoxy) is 1. The van der Waals surface area contributed by atoms with E-state index in [1.54, 1.807) is 7.11 Å². The van der Waals surface area contributed by atoms with E-state index in [2.05, 4.69) is 27.0 Å². The molecule has 0 radical (unpaired) electrons. The van der Waals surface area contributed by atoms with Gasteiger partial charge in [-0.2, -0.15) is 0 Å². The maximum absolute atomic E-state index is 5.53. The zero-order chi connectivity index (χ0) is 12.4. The summed E-state index contributed by atoms with van der Waals surface area (Å²) < 4.78 is 10.8. The minimum Gasteiger partial charge on any atom is -0.496 e. The molecule has 0 aliphatic carbocycles. The maximum atomic E-state index is 5.53. The van der Waals surface area contributed by atoms with Crippen LogP contribution in [0.2, 0.25) is 0 Å². The van der Waals surface area contributed by atoms with Gasteiger partial charge in [0.1, 0.15) is 17.2 Å². The van der Waals surface area contributed by atoms with E-state index in [0.717, 1.165) is 28.3 Å². The Morgan fingerprint density at radius 1 is 1.35 bits per heavy atom. The second-order valence-corrected chi connectivity index (χ2v) is 4.38. The lowest BCUT2D eigenvalue weighted by atomic mass is 10.1. The van der Waals surface area contributed by atoms with Crippen LogP contribution in [0.4, 0.5) is 0 Å². The topological polar surface area (TPSA) is 35.3 Å². The van der Waals surface area contributed by atoms with Gasteiger partial charge in [0.2, 0.25) is 0 Å². The SMILES string of the molecule is COc1ccc(-c2nc(C)oc2CBr)cc1C. The van der Waals surface area contributed by atoms with Crippen LogP contribution in [0, 0.1) is 13.8 Å². The van der Waals surface area contributed by atoms with Gasteiger partial charge in [0, 0.05) is 12.5 Å². The number of nitrogens with zero attached hydrogens (tertiary/aromatic N) is 1. The van der Waals surface area contributed by atoms with Crippen molar-refractivity contribution in [2.75, 3.05) is 7.11 Å². The highest BCUT2D eigenvalue weighted by atomic mass is 79.9. The highest BCUT2D eigenvalue weighted by molar-refractivity contribution is 9.08. The van der Waals surface area contributed by atoms with E-state index < -0.39 is 0 Å². The molecule has 0 bridgehead atoms. The molecule has 4 heteroatoms. The third-order valence-corrected chi connectivity index (χ3v) is 3.10. The molecule has 1 aromatic heterocycles. The minimum absolute atomic E-state index is 0.661. The molecule has 0 fully saturated rings. The first-order valence-corrected chi connectivity index (χ1v) is 6.45. The Balaban J connectivity index is 2.49. The van der Waals surface area contributed by atoms with Crippen LogP contribution in [0.25, 0.3) is 11.3 Å². The number of aryl methyl sites for hydroxylation is 2. The van der Waals surface area contributed by atoms with E-state index in [1.165, 1.54) is 0 Å². The van der Waals surface area contributed by atoms with Crippen molar-refractivity contribution in [2.24, 2.45) is 0 Å². The highest BCUT2D eigenvalue weighted by Gasteiger charge is 2.13. The molecule has 90 valence electrons. The first kappa shape index (κ1) is 12.2. The average Bonchev–Trinajstić information content (AvgIpc) is 2.70. The van der Waals surface area contributed by atoms with Crippen molar-refractivity contribution in [2.45, 2.75) is 19.2 Å². The number of oxazole rings is 1. The summed E-state index contributed by atoms with van der Waals surface area (Å²) in [6.07, 6.45) is 0. The van der Waals surface area contributed by atoms with Crippen LogP contribution in [-0.2, 0) is 5.33 Å². The lowest BCUT2D eigenvalue weighted by Crippen LogP contribution is -1.89. The number of halogens is 1. The van der Waals surface area contributed by atoms with Crippen LogP contribution >= 0.6 is 15.9 Å². The number of rotatable bonds is 3. The van der Waals surface area contributed by atoms with Gasteiger partial charge in [-0.3, -0.25) is 0 Å². The summed E-state index contributed by atoms with van der Waals surface area (Å²) in [5, 5.41) is 0.661. The Morgan fingerprint density at radius 2 is 2.12 bits per heavy atom. The Labute approximate surface area is 109 Å². The van der Waals surface area contributed by atoms with Crippen molar-refractivity contribution in [1.82, 2.24) is 4.98 Å². The molecule has 0 saturated heterocycles. The first-order valence-electron chi connectivity index (χ1n) is 5.33. The number of methoxy groups -OCH3 is 1. The Bertz CT molecular complexity index is 534. The molecule has 0 saturated carbocycles. The zero-order valence-electron chi connectivity index (χ0n) is 10.1. The molecule has 2 rings (SSSR count). The summed E-state index contributed by atoms with van der Waals surface area (Å²) in [6, 6.07) is 6.00. The predicted octanol–water partition coefficient (Wildman–Crippen LogP) is 3.86. The standard InChI is InChI=1S/C13H14BrNO2/c1-8-6-10(4-5-11(8)16-3)13-12(7-14)17-9(2)15-13/h4-6H,7H2,1-3H3. The normalized spacial score (nSPS) is 10.6. The largest absolute Gasteiger partial charge is 0.496 e. The number of aromatic nitrogens is 1.